The number of amides is 1. The number of rotatable bonds is 6. The Balaban J connectivity index is 1.41. The molecule has 1 N–H and O–H groups in total. The quantitative estimate of drug-likeness (QED) is 0.548. The molecule has 2 aromatic heterocycles. The normalized spacial score (nSPS) is 14.4. The largest absolute Gasteiger partial charge is 0.455 e. The number of benzene rings is 1. The van der Waals surface area contributed by atoms with Crippen LogP contribution in [0.25, 0.3) is 0 Å². The van der Waals surface area contributed by atoms with E-state index in [-0.39, 0.29) is 11.6 Å². The van der Waals surface area contributed by atoms with Crippen LogP contribution in [0.5, 0.6) is 0 Å². The van der Waals surface area contributed by atoms with Crippen LogP contribution in [0.15, 0.2) is 40.9 Å². The third kappa shape index (κ3) is 4.95. The fourth-order valence-corrected chi connectivity index (χ4v) is 3.97. The molecule has 0 aliphatic carbocycles. The van der Waals surface area contributed by atoms with Crippen LogP contribution in [0, 0.1) is 0 Å². The lowest BCUT2D eigenvalue weighted by Crippen LogP contribution is -2.18. The second kappa shape index (κ2) is 8.79. The van der Waals surface area contributed by atoms with E-state index in [4.69, 9.17) is 39.2 Å². The van der Waals surface area contributed by atoms with Crippen molar-refractivity contribution in [2.24, 2.45) is 0 Å². The minimum absolute atomic E-state index is 0.227. The highest BCUT2D eigenvalue weighted by Gasteiger charge is 2.18. The number of carbonyl (C=O) groups is 1. The Morgan fingerprint density at radius 2 is 1.86 bits per heavy atom. The number of anilines is 1. The summed E-state index contributed by atoms with van der Waals surface area (Å²) in [6.07, 6.45) is 4.04. The van der Waals surface area contributed by atoms with Crippen molar-refractivity contribution in [2.45, 2.75) is 25.9 Å². The number of likely N-dealkylation sites (tertiary alicyclic amines) is 1. The Morgan fingerprint density at radius 3 is 2.62 bits per heavy atom. The zero-order chi connectivity index (χ0) is 20.4. The first kappa shape index (κ1) is 20.3. The van der Waals surface area contributed by atoms with Crippen molar-refractivity contribution in [3.05, 3.63) is 68.7 Å². The average molecular weight is 454 g/mol. The summed E-state index contributed by atoms with van der Waals surface area (Å²) in [5, 5.41) is 8.46. The molecule has 1 fully saturated rings. The Morgan fingerprint density at radius 1 is 1.07 bits per heavy atom. The van der Waals surface area contributed by atoms with Gasteiger partial charge in [-0.3, -0.25) is 14.4 Å². The molecule has 1 aliphatic rings. The third-order valence-corrected chi connectivity index (χ3v) is 5.62. The second-order valence-corrected chi connectivity index (χ2v) is 8.21. The van der Waals surface area contributed by atoms with Gasteiger partial charge in [-0.1, -0.05) is 40.9 Å². The number of hydrogen-bond acceptors (Lipinski definition) is 4. The summed E-state index contributed by atoms with van der Waals surface area (Å²) in [4.78, 5) is 14.8. The molecular weight excluding hydrogens is 435 g/mol. The summed E-state index contributed by atoms with van der Waals surface area (Å²) >= 11 is 18.4. The SMILES string of the molecule is O=C(Nc1nn(Cc2ccc(Cl)cc2Cl)cc1Cl)c1ccc(CN2CCCC2)o1. The minimum atomic E-state index is -0.394. The van der Waals surface area contributed by atoms with E-state index >= 15 is 0 Å². The molecular formula is C20H19Cl3N4O2. The number of aromatic nitrogens is 2. The standard InChI is InChI=1S/C20H19Cl3N4O2/c21-14-4-3-13(16(22)9-14)10-27-12-17(23)19(25-27)24-20(28)18-6-5-15(29-18)11-26-7-1-2-8-26/h3-6,9,12H,1-2,7-8,10-11H2,(H,24,25,28). The Labute approximate surface area is 183 Å². The molecule has 152 valence electrons. The molecule has 1 saturated heterocycles. The second-order valence-electron chi connectivity index (χ2n) is 6.96. The summed E-state index contributed by atoms with van der Waals surface area (Å²) in [6, 6.07) is 8.74. The maximum atomic E-state index is 12.5. The molecule has 1 aromatic carbocycles. The van der Waals surface area contributed by atoms with Crippen molar-refractivity contribution in [1.29, 1.82) is 0 Å². The molecule has 0 radical (unpaired) electrons. The van der Waals surface area contributed by atoms with Crippen LogP contribution in [0.4, 0.5) is 5.82 Å². The molecule has 4 rings (SSSR count). The van der Waals surface area contributed by atoms with Crippen molar-refractivity contribution in [2.75, 3.05) is 18.4 Å². The first-order valence-electron chi connectivity index (χ1n) is 9.27. The van der Waals surface area contributed by atoms with Crippen molar-refractivity contribution in [3.63, 3.8) is 0 Å². The van der Waals surface area contributed by atoms with Crippen molar-refractivity contribution in [1.82, 2.24) is 14.7 Å². The van der Waals surface area contributed by atoms with Crippen LogP contribution in [0.2, 0.25) is 15.1 Å². The number of carbonyl (C=O) groups excluding carboxylic acids is 1. The molecule has 0 bridgehead atoms. The first-order valence-corrected chi connectivity index (χ1v) is 10.4. The van der Waals surface area contributed by atoms with Crippen LogP contribution in [0.3, 0.4) is 0 Å². The molecule has 9 heteroatoms. The number of halogens is 3. The maximum absolute atomic E-state index is 12.5. The number of hydrogen-bond donors (Lipinski definition) is 1. The third-order valence-electron chi connectivity index (χ3n) is 4.76. The number of nitrogens with zero attached hydrogens (tertiary/aromatic N) is 3. The highest BCUT2D eigenvalue weighted by atomic mass is 35.5. The summed E-state index contributed by atoms with van der Waals surface area (Å²) < 4.78 is 7.29. The van der Waals surface area contributed by atoms with Gasteiger partial charge >= 0.3 is 0 Å². The maximum Gasteiger partial charge on any atom is 0.292 e. The fraction of sp³-hybridized carbons (Fsp3) is 0.300. The van der Waals surface area contributed by atoms with Gasteiger partial charge in [0.1, 0.15) is 10.8 Å². The predicted molar refractivity (Wildman–Crippen MR) is 114 cm³/mol. The van der Waals surface area contributed by atoms with Crippen LogP contribution in [0.1, 0.15) is 34.7 Å². The molecule has 3 heterocycles. The van der Waals surface area contributed by atoms with Gasteiger partial charge in [0, 0.05) is 16.2 Å². The molecule has 1 aliphatic heterocycles. The summed E-state index contributed by atoms with van der Waals surface area (Å²) in [5.41, 5.74) is 0.839. The Hall–Kier alpha value is -1.99. The molecule has 0 unspecified atom stereocenters. The van der Waals surface area contributed by atoms with E-state index in [1.165, 1.54) is 12.8 Å². The number of furan rings is 1. The Bertz CT molecular complexity index is 1020. The molecule has 6 nitrogen and oxygen atoms in total. The molecule has 0 atom stereocenters. The van der Waals surface area contributed by atoms with Crippen molar-refractivity contribution < 1.29 is 9.21 Å². The van der Waals surface area contributed by atoms with Crippen LogP contribution < -0.4 is 5.32 Å². The first-order chi connectivity index (χ1) is 14.0. The van der Waals surface area contributed by atoms with Gasteiger partial charge in [-0.25, -0.2) is 0 Å². The van der Waals surface area contributed by atoms with E-state index in [1.54, 1.807) is 29.1 Å². The zero-order valence-electron chi connectivity index (χ0n) is 15.5. The van der Waals surface area contributed by atoms with E-state index in [9.17, 15) is 4.79 Å². The summed E-state index contributed by atoms with van der Waals surface area (Å²) in [5.74, 6) is 0.866. The van der Waals surface area contributed by atoms with Gasteiger partial charge in [-0.05, 0) is 55.8 Å². The minimum Gasteiger partial charge on any atom is -0.455 e. The van der Waals surface area contributed by atoms with Crippen LogP contribution in [-0.2, 0) is 13.1 Å². The van der Waals surface area contributed by atoms with Crippen molar-refractivity contribution in [3.8, 4) is 0 Å². The molecule has 0 spiro atoms. The van der Waals surface area contributed by atoms with E-state index in [2.05, 4.69) is 15.3 Å². The van der Waals surface area contributed by atoms with E-state index in [1.807, 2.05) is 12.1 Å². The molecule has 1 amide bonds. The van der Waals surface area contributed by atoms with Gasteiger partial charge in [-0.15, -0.1) is 0 Å². The van der Waals surface area contributed by atoms with Gasteiger partial charge in [0.05, 0.1) is 13.1 Å². The highest BCUT2D eigenvalue weighted by molar-refractivity contribution is 6.35. The highest BCUT2D eigenvalue weighted by Crippen LogP contribution is 2.25. The lowest BCUT2D eigenvalue weighted by Gasteiger charge is -2.11. The van der Waals surface area contributed by atoms with Crippen LogP contribution in [-0.4, -0.2) is 33.7 Å². The smallest absolute Gasteiger partial charge is 0.292 e. The molecule has 3 aromatic rings. The lowest BCUT2D eigenvalue weighted by molar-refractivity contribution is 0.0993. The molecule has 29 heavy (non-hydrogen) atoms. The Kier molecular flexibility index (Phi) is 6.15. The van der Waals surface area contributed by atoms with Gasteiger partial charge in [0.25, 0.3) is 5.91 Å². The topological polar surface area (TPSA) is 63.3 Å². The summed E-state index contributed by atoms with van der Waals surface area (Å²) in [6.45, 7) is 3.23. The van der Waals surface area contributed by atoms with Gasteiger partial charge in [0.15, 0.2) is 11.6 Å². The monoisotopic (exact) mass is 452 g/mol. The van der Waals surface area contributed by atoms with Gasteiger partial charge in [-0.2, -0.15) is 5.10 Å². The number of nitrogens with one attached hydrogen (secondary N) is 1. The molecule has 0 saturated carbocycles. The van der Waals surface area contributed by atoms with Gasteiger partial charge in [0.2, 0.25) is 0 Å². The van der Waals surface area contributed by atoms with Gasteiger partial charge < -0.3 is 9.73 Å². The zero-order valence-corrected chi connectivity index (χ0v) is 17.8. The van der Waals surface area contributed by atoms with E-state index in [0.717, 1.165) is 24.4 Å². The average Bonchev–Trinajstić information content (AvgIpc) is 3.41. The van der Waals surface area contributed by atoms with E-state index in [0.29, 0.717) is 28.2 Å². The van der Waals surface area contributed by atoms with Crippen molar-refractivity contribution >= 4 is 46.5 Å². The predicted octanol–water partition coefficient (Wildman–Crippen LogP) is 5.33. The summed E-state index contributed by atoms with van der Waals surface area (Å²) in [7, 11) is 0. The fourth-order valence-electron chi connectivity index (χ4n) is 3.30. The van der Waals surface area contributed by atoms with E-state index < -0.39 is 5.91 Å². The lowest BCUT2D eigenvalue weighted by atomic mass is 10.2. The van der Waals surface area contributed by atoms with Crippen LogP contribution >= 0.6 is 34.8 Å².